The molecule has 0 aromatic heterocycles. The van der Waals surface area contributed by atoms with Gasteiger partial charge in [0.25, 0.3) is 5.84 Å². The van der Waals surface area contributed by atoms with E-state index in [1.54, 1.807) is 0 Å². The van der Waals surface area contributed by atoms with Gasteiger partial charge < -0.3 is 9.47 Å². The van der Waals surface area contributed by atoms with E-state index in [9.17, 15) is 4.79 Å². The SMILES string of the molecule is CC(C)CCOCc1cccc(NN=C2N=C(c3ccccc3)OC2=O)c1. The summed E-state index contributed by atoms with van der Waals surface area (Å²) >= 11 is 0. The number of carbonyl (C=O) groups is 1. The van der Waals surface area contributed by atoms with Crippen LogP contribution in [-0.4, -0.2) is 24.3 Å². The van der Waals surface area contributed by atoms with Crippen molar-refractivity contribution in [1.29, 1.82) is 0 Å². The van der Waals surface area contributed by atoms with E-state index in [1.165, 1.54) is 0 Å². The highest BCUT2D eigenvalue weighted by molar-refractivity contribution is 6.43. The summed E-state index contributed by atoms with van der Waals surface area (Å²) in [6, 6.07) is 16.9. The van der Waals surface area contributed by atoms with Crippen molar-refractivity contribution >= 4 is 23.4 Å². The monoisotopic (exact) mass is 365 g/mol. The average Bonchev–Trinajstić information content (AvgIpc) is 3.05. The Morgan fingerprint density at radius 2 is 1.96 bits per heavy atom. The number of amidine groups is 1. The third kappa shape index (κ3) is 5.49. The standard InChI is InChI=1S/C21H23N3O3/c1-15(2)11-12-26-14-16-7-6-10-18(13-16)23-24-19-21(25)27-20(22-19)17-8-4-3-5-9-17/h3-10,13,15,23H,11-12,14H2,1-2H3. The van der Waals surface area contributed by atoms with Crippen LogP contribution >= 0.6 is 0 Å². The molecule has 0 saturated carbocycles. The number of esters is 1. The highest BCUT2D eigenvalue weighted by Gasteiger charge is 2.25. The van der Waals surface area contributed by atoms with E-state index in [0.717, 1.165) is 29.8 Å². The number of nitrogens with zero attached hydrogens (tertiary/aromatic N) is 2. The molecule has 0 aliphatic carbocycles. The van der Waals surface area contributed by atoms with E-state index in [2.05, 4.69) is 29.4 Å². The Morgan fingerprint density at radius 3 is 2.74 bits per heavy atom. The minimum absolute atomic E-state index is 0.00700. The van der Waals surface area contributed by atoms with Crippen LogP contribution in [0.25, 0.3) is 0 Å². The lowest BCUT2D eigenvalue weighted by molar-refractivity contribution is -0.127. The molecule has 0 radical (unpaired) electrons. The van der Waals surface area contributed by atoms with Crippen LogP contribution in [0.15, 0.2) is 64.7 Å². The van der Waals surface area contributed by atoms with Gasteiger partial charge in [-0.1, -0.05) is 44.2 Å². The van der Waals surface area contributed by atoms with E-state index >= 15 is 0 Å². The van der Waals surface area contributed by atoms with E-state index in [1.807, 2.05) is 54.6 Å². The van der Waals surface area contributed by atoms with Gasteiger partial charge in [-0.3, -0.25) is 5.43 Å². The molecule has 2 aromatic rings. The Labute approximate surface area is 158 Å². The summed E-state index contributed by atoms with van der Waals surface area (Å²) in [5.74, 6) is 0.303. The molecule has 0 bridgehead atoms. The lowest BCUT2D eigenvalue weighted by Crippen LogP contribution is -2.11. The van der Waals surface area contributed by atoms with Gasteiger partial charge in [0.15, 0.2) is 0 Å². The van der Waals surface area contributed by atoms with Crippen LogP contribution < -0.4 is 5.43 Å². The van der Waals surface area contributed by atoms with Crippen molar-refractivity contribution in [3.8, 4) is 0 Å². The predicted octanol–water partition coefficient (Wildman–Crippen LogP) is 3.98. The molecule has 27 heavy (non-hydrogen) atoms. The van der Waals surface area contributed by atoms with Gasteiger partial charge in [0.1, 0.15) is 0 Å². The Bertz CT molecular complexity index is 845. The molecule has 3 rings (SSSR count). The van der Waals surface area contributed by atoms with Crippen molar-refractivity contribution in [2.24, 2.45) is 16.0 Å². The molecule has 1 aliphatic heterocycles. The summed E-state index contributed by atoms with van der Waals surface area (Å²) in [7, 11) is 0. The average molecular weight is 365 g/mol. The molecule has 1 heterocycles. The van der Waals surface area contributed by atoms with Crippen molar-refractivity contribution in [2.45, 2.75) is 26.9 Å². The van der Waals surface area contributed by atoms with Gasteiger partial charge in [0.2, 0.25) is 5.90 Å². The molecular weight excluding hydrogens is 342 g/mol. The maximum absolute atomic E-state index is 11.9. The van der Waals surface area contributed by atoms with E-state index in [0.29, 0.717) is 12.5 Å². The topological polar surface area (TPSA) is 72.3 Å². The molecule has 0 unspecified atom stereocenters. The zero-order valence-corrected chi connectivity index (χ0v) is 15.5. The van der Waals surface area contributed by atoms with Crippen molar-refractivity contribution in [3.63, 3.8) is 0 Å². The summed E-state index contributed by atoms with van der Waals surface area (Å²) < 4.78 is 10.9. The second-order valence-electron chi connectivity index (χ2n) is 6.66. The van der Waals surface area contributed by atoms with Gasteiger partial charge >= 0.3 is 5.97 Å². The van der Waals surface area contributed by atoms with Crippen molar-refractivity contribution in [2.75, 3.05) is 12.0 Å². The molecule has 6 nitrogen and oxygen atoms in total. The van der Waals surface area contributed by atoms with E-state index in [4.69, 9.17) is 9.47 Å². The second kappa shape index (κ2) is 9.09. The molecule has 6 heteroatoms. The first-order chi connectivity index (χ1) is 13.1. The number of aliphatic imine (C=N–C) groups is 1. The Balaban J connectivity index is 1.61. The quantitative estimate of drug-likeness (QED) is 0.436. The van der Waals surface area contributed by atoms with Crippen molar-refractivity contribution in [3.05, 3.63) is 65.7 Å². The fourth-order valence-corrected chi connectivity index (χ4v) is 2.43. The number of cyclic esters (lactones) is 1. The second-order valence-corrected chi connectivity index (χ2v) is 6.66. The van der Waals surface area contributed by atoms with Gasteiger partial charge in [-0.25, -0.2) is 4.79 Å². The summed E-state index contributed by atoms with van der Waals surface area (Å²) in [6.07, 6.45) is 1.04. The van der Waals surface area contributed by atoms with Crippen LogP contribution in [0, 0.1) is 5.92 Å². The normalized spacial score (nSPS) is 15.1. The molecular formula is C21H23N3O3. The Morgan fingerprint density at radius 1 is 1.15 bits per heavy atom. The number of nitrogens with one attached hydrogen (secondary N) is 1. The number of hydrogen-bond donors (Lipinski definition) is 1. The first-order valence-electron chi connectivity index (χ1n) is 8.98. The van der Waals surface area contributed by atoms with Crippen LogP contribution in [0.1, 0.15) is 31.4 Å². The number of rotatable bonds is 8. The molecule has 1 aliphatic rings. The largest absolute Gasteiger partial charge is 0.401 e. The Kier molecular flexibility index (Phi) is 6.33. The number of hydrogen-bond acceptors (Lipinski definition) is 5. The maximum atomic E-state index is 11.9. The number of hydrazone groups is 1. The van der Waals surface area contributed by atoms with Gasteiger partial charge in [0.05, 0.1) is 12.3 Å². The number of ether oxygens (including phenoxy) is 2. The molecule has 0 fully saturated rings. The van der Waals surface area contributed by atoms with Crippen molar-refractivity contribution < 1.29 is 14.3 Å². The van der Waals surface area contributed by atoms with Crippen LogP contribution in [0.5, 0.6) is 0 Å². The molecule has 0 spiro atoms. The van der Waals surface area contributed by atoms with E-state index < -0.39 is 5.97 Å². The molecule has 1 N–H and O–H groups in total. The molecule has 140 valence electrons. The lowest BCUT2D eigenvalue weighted by Gasteiger charge is -2.08. The first-order valence-corrected chi connectivity index (χ1v) is 8.98. The van der Waals surface area contributed by atoms with Crippen LogP contribution in [0.2, 0.25) is 0 Å². The Hall–Kier alpha value is -2.99. The summed E-state index contributed by atoms with van der Waals surface area (Å²) in [5.41, 5.74) is 5.38. The summed E-state index contributed by atoms with van der Waals surface area (Å²) in [4.78, 5) is 16.1. The molecule has 0 amide bonds. The van der Waals surface area contributed by atoms with Crippen molar-refractivity contribution in [1.82, 2.24) is 0 Å². The number of anilines is 1. The van der Waals surface area contributed by atoms with Gasteiger partial charge in [-0.05, 0) is 42.2 Å². The number of benzene rings is 2. The third-order valence-electron chi connectivity index (χ3n) is 3.93. The van der Waals surface area contributed by atoms with Gasteiger partial charge in [0, 0.05) is 12.2 Å². The van der Waals surface area contributed by atoms with Crippen LogP contribution in [0.3, 0.4) is 0 Å². The summed E-state index contributed by atoms with van der Waals surface area (Å²) in [6.45, 7) is 5.62. The maximum Gasteiger partial charge on any atom is 0.385 e. The highest BCUT2D eigenvalue weighted by atomic mass is 16.6. The van der Waals surface area contributed by atoms with E-state index in [-0.39, 0.29) is 11.7 Å². The van der Waals surface area contributed by atoms with Crippen LogP contribution in [0.4, 0.5) is 5.69 Å². The fourth-order valence-electron chi connectivity index (χ4n) is 2.43. The predicted molar refractivity (Wildman–Crippen MR) is 106 cm³/mol. The fraction of sp³-hybridized carbons (Fsp3) is 0.286. The zero-order chi connectivity index (χ0) is 19.1. The van der Waals surface area contributed by atoms with Crippen LogP contribution in [-0.2, 0) is 20.9 Å². The van der Waals surface area contributed by atoms with Gasteiger partial charge in [-0.15, -0.1) is 5.10 Å². The minimum atomic E-state index is -0.575. The lowest BCUT2D eigenvalue weighted by atomic mass is 10.1. The smallest absolute Gasteiger partial charge is 0.385 e. The first kappa shape index (κ1) is 18.8. The van der Waals surface area contributed by atoms with Gasteiger partial charge in [-0.2, -0.15) is 4.99 Å². The highest BCUT2D eigenvalue weighted by Crippen LogP contribution is 2.14. The summed E-state index contributed by atoms with van der Waals surface area (Å²) in [5, 5.41) is 4.07. The molecule has 2 aromatic carbocycles. The molecule has 0 atom stereocenters. The third-order valence-corrected chi connectivity index (χ3v) is 3.93. The zero-order valence-electron chi connectivity index (χ0n) is 15.5. The minimum Gasteiger partial charge on any atom is -0.401 e. The number of carbonyl (C=O) groups excluding carboxylic acids is 1. The molecule has 0 saturated heterocycles.